The van der Waals surface area contributed by atoms with Crippen molar-refractivity contribution in [1.82, 2.24) is 5.32 Å². The molecule has 0 aliphatic rings. The maximum absolute atomic E-state index is 13.4. The minimum atomic E-state index is -0.264. The Hall–Kier alpha value is -1.32. The van der Waals surface area contributed by atoms with Gasteiger partial charge in [-0.25, -0.2) is 4.39 Å². The minimum Gasteiger partial charge on any atom is -0.469 e. The van der Waals surface area contributed by atoms with Crippen LogP contribution in [0.15, 0.2) is 41.0 Å². The summed E-state index contributed by atoms with van der Waals surface area (Å²) in [6.45, 7) is 2.82. The van der Waals surface area contributed by atoms with E-state index in [-0.39, 0.29) is 11.9 Å². The van der Waals surface area contributed by atoms with E-state index in [1.165, 1.54) is 12.1 Å². The van der Waals surface area contributed by atoms with Crippen LogP contribution in [0.4, 0.5) is 4.39 Å². The first kappa shape index (κ1) is 14.1. The summed E-state index contributed by atoms with van der Waals surface area (Å²) in [5.41, 5.74) is 0.801. The first-order valence-electron chi connectivity index (χ1n) is 6.41. The van der Waals surface area contributed by atoms with Gasteiger partial charge in [0.2, 0.25) is 0 Å². The average molecular weight is 282 g/mol. The first-order chi connectivity index (χ1) is 9.20. The van der Waals surface area contributed by atoms with E-state index in [4.69, 9.17) is 16.0 Å². The second kappa shape index (κ2) is 6.73. The molecule has 2 rings (SSSR count). The fourth-order valence-corrected chi connectivity index (χ4v) is 2.39. The van der Waals surface area contributed by atoms with Crippen LogP contribution in [0.25, 0.3) is 0 Å². The van der Waals surface area contributed by atoms with Gasteiger partial charge in [-0.2, -0.15) is 0 Å². The fraction of sp³-hybridized carbons (Fsp3) is 0.333. The number of halogens is 2. The number of rotatable bonds is 6. The molecule has 1 heterocycles. The lowest BCUT2D eigenvalue weighted by Crippen LogP contribution is -2.22. The zero-order chi connectivity index (χ0) is 13.7. The molecule has 1 atom stereocenters. The maximum atomic E-state index is 13.4. The molecule has 0 radical (unpaired) electrons. The third-order valence-corrected chi connectivity index (χ3v) is 3.39. The van der Waals surface area contributed by atoms with Gasteiger partial charge in [-0.1, -0.05) is 18.5 Å². The van der Waals surface area contributed by atoms with Gasteiger partial charge in [-0.05, 0) is 48.9 Å². The zero-order valence-electron chi connectivity index (χ0n) is 10.8. The van der Waals surface area contributed by atoms with E-state index in [1.54, 1.807) is 12.3 Å². The summed E-state index contributed by atoms with van der Waals surface area (Å²) in [7, 11) is 0. The number of hydrogen-bond acceptors (Lipinski definition) is 2. The van der Waals surface area contributed by atoms with Crippen LogP contribution in [0.2, 0.25) is 5.02 Å². The van der Waals surface area contributed by atoms with Crippen molar-refractivity contribution in [3.8, 4) is 0 Å². The Morgan fingerprint density at radius 1 is 1.37 bits per heavy atom. The number of aryl methyl sites for hydroxylation is 1. The van der Waals surface area contributed by atoms with Crippen molar-refractivity contribution in [2.45, 2.75) is 25.8 Å². The summed E-state index contributed by atoms with van der Waals surface area (Å²) in [4.78, 5) is 0. The van der Waals surface area contributed by atoms with E-state index in [9.17, 15) is 4.39 Å². The normalized spacial score (nSPS) is 12.6. The summed E-state index contributed by atoms with van der Waals surface area (Å²) < 4.78 is 18.7. The average Bonchev–Trinajstić information content (AvgIpc) is 2.91. The Balaban J connectivity index is 2.12. The summed E-state index contributed by atoms with van der Waals surface area (Å²) >= 11 is 6.16. The summed E-state index contributed by atoms with van der Waals surface area (Å²) in [5, 5.41) is 3.93. The minimum absolute atomic E-state index is 0.0262. The van der Waals surface area contributed by atoms with Gasteiger partial charge in [0.1, 0.15) is 11.6 Å². The van der Waals surface area contributed by atoms with Crippen molar-refractivity contribution < 1.29 is 8.81 Å². The van der Waals surface area contributed by atoms with Crippen LogP contribution in [-0.4, -0.2) is 6.54 Å². The molecule has 19 heavy (non-hydrogen) atoms. The van der Waals surface area contributed by atoms with Crippen molar-refractivity contribution >= 4 is 11.6 Å². The highest BCUT2D eigenvalue weighted by molar-refractivity contribution is 6.31. The standard InChI is InChI=1S/C15H17ClFNO/c1-2-18-15(8-6-12-4-3-9-19-12)13-10-11(17)5-7-14(13)16/h3-5,7,9-10,15,18H,2,6,8H2,1H3. The molecule has 0 fully saturated rings. The van der Waals surface area contributed by atoms with Gasteiger partial charge < -0.3 is 9.73 Å². The van der Waals surface area contributed by atoms with Gasteiger partial charge in [0.25, 0.3) is 0 Å². The quantitative estimate of drug-likeness (QED) is 0.851. The molecule has 4 heteroatoms. The van der Waals surface area contributed by atoms with Gasteiger partial charge in [0, 0.05) is 17.5 Å². The molecule has 2 aromatic rings. The van der Waals surface area contributed by atoms with Crippen LogP contribution in [0, 0.1) is 5.82 Å². The highest BCUT2D eigenvalue weighted by Crippen LogP contribution is 2.27. The Bertz CT molecular complexity index is 513. The number of furan rings is 1. The molecule has 1 unspecified atom stereocenters. The molecule has 1 N–H and O–H groups in total. The molecule has 102 valence electrons. The molecular weight excluding hydrogens is 265 g/mol. The largest absolute Gasteiger partial charge is 0.469 e. The smallest absolute Gasteiger partial charge is 0.123 e. The summed E-state index contributed by atoms with van der Waals surface area (Å²) in [5.74, 6) is 0.663. The third-order valence-electron chi connectivity index (χ3n) is 3.04. The summed E-state index contributed by atoms with van der Waals surface area (Å²) in [6.07, 6.45) is 3.26. The van der Waals surface area contributed by atoms with Gasteiger partial charge >= 0.3 is 0 Å². The Kier molecular flexibility index (Phi) is 5.00. The van der Waals surface area contributed by atoms with Gasteiger partial charge in [0.05, 0.1) is 6.26 Å². The second-order valence-electron chi connectivity index (χ2n) is 4.39. The van der Waals surface area contributed by atoms with Crippen LogP contribution < -0.4 is 5.32 Å². The van der Waals surface area contributed by atoms with Crippen molar-refractivity contribution in [2.75, 3.05) is 6.54 Å². The molecule has 0 amide bonds. The lowest BCUT2D eigenvalue weighted by atomic mass is 10.0. The van der Waals surface area contributed by atoms with Crippen LogP contribution in [0.3, 0.4) is 0 Å². The van der Waals surface area contributed by atoms with E-state index < -0.39 is 0 Å². The van der Waals surface area contributed by atoms with Crippen LogP contribution in [0.1, 0.15) is 30.7 Å². The second-order valence-corrected chi connectivity index (χ2v) is 4.80. The highest BCUT2D eigenvalue weighted by Gasteiger charge is 2.15. The third kappa shape index (κ3) is 3.82. The SMILES string of the molecule is CCNC(CCc1ccco1)c1cc(F)ccc1Cl. The highest BCUT2D eigenvalue weighted by atomic mass is 35.5. The van der Waals surface area contributed by atoms with Crippen molar-refractivity contribution in [3.05, 3.63) is 58.8 Å². The monoisotopic (exact) mass is 281 g/mol. The van der Waals surface area contributed by atoms with Crippen molar-refractivity contribution in [2.24, 2.45) is 0 Å². The molecule has 2 nitrogen and oxygen atoms in total. The number of nitrogens with one attached hydrogen (secondary N) is 1. The first-order valence-corrected chi connectivity index (χ1v) is 6.79. The van der Waals surface area contributed by atoms with E-state index in [1.807, 2.05) is 19.1 Å². The zero-order valence-corrected chi connectivity index (χ0v) is 11.6. The fourth-order valence-electron chi connectivity index (χ4n) is 2.14. The maximum Gasteiger partial charge on any atom is 0.123 e. The summed E-state index contributed by atoms with van der Waals surface area (Å²) in [6, 6.07) is 8.31. The number of hydrogen-bond donors (Lipinski definition) is 1. The number of benzene rings is 1. The van der Waals surface area contributed by atoms with E-state index >= 15 is 0 Å². The van der Waals surface area contributed by atoms with Crippen LogP contribution in [-0.2, 0) is 6.42 Å². The lowest BCUT2D eigenvalue weighted by Gasteiger charge is -2.19. The Morgan fingerprint density at radius 3 is 2.89 bits per heavy atom. The predicted octanol–water partition coefficient (Wildman–Crippen LogP) is 4.36. The van der Waals surface area contributed by atoms with E-state index in [0.717, 1.165) is 30.7 Å². The Labute approximate surface area is 117 Å². The molecule has 0 saturated heterocycles. The molecule has 0 aliphatic heterocycles. The van der Waals surface area contributed by atoms with Crippen molar-refractivity contribution in [3.63, 3.8) is 0 Å². The van der Waals surface area contributed by atoms with Gasteiger partial charge in [-0.3, -0.25) is 0 Å². The van der Waals surface area contributed by atoms with Gasteiger partial charge in [0.15, 0.2) is 0 Å². The van der Waals surface area contributed by atoms with E-state index in [2.05, 4.69) is 5.32 Å². The van der Waals surface area contributed by atoms with E-state index in [0.29, 0.717) is 5.02 Å². The van der Waals surface area contributed by atoms with Crippen LogP contribution >= 0.6 is 11.6 Å². The molecule has 1 aromatic heterocycles. The molecule has 1 aromatic carbocycles. The molecule has 0 saturated carbocycles. The molecule has 0 bridgehead atoms. The molecular formula is C15H17ClFNO. The van der Waals surface area contributed by atoms with Crippen molar-refractivity contribution in [1.29, 1.82) is 0 Å². The lowest BCUT2D eigenvalue weighted by molar-refractivity contribution is 0.457. The predicted molar refractivity (Wildman–Crippen MR) is 74.9 cm³/mol. The van der Waals surface area contributed by atoms with Crippen LogP contribution in [0.5, 0.6) is 0 Å². The molecule has 0 aliphatic carbocycles. The Morgan fingerprint density at radius 2 is 2.21 bits per heavy atom. The molecule has 0 spiro atoms. The topological polar surface area (TPSA) is 25.2 Å². The van der Waals surface area contributed by atoms with Gasteiger partial charge in [-0.15, -0.1) is 0 Å².